The fraction of sp³-hybridized carbons (Fsp3) is 0.900. The van der Waals surface area contributed by atoms with Crippen molar-refractivity contribution in [1.82, 2.24) is 0 Å². The van der Waals surface area contributed by atoms with Crippen molar-refractivity contribution in [3.8, 4) is 0 Å². The lowest BCUT2D eigenvalue weighted by Crippen LogP contribution is -2.54. The zero-order chi connectivity index (χ0) is 26.0. The van der Waals surface area contributed by atoms with Gasteiger partial charge >= 0.3 is 5.97 Å². The molecule has 3 unspecified atom stereocenters. The van der Waals surface area contributed by atoms with Gasteiger partial charge in [-0.3, -0.25) is 4.79 Å². The summed E-state index contributed by atoms with van der Waals surface area (Å²) in [4.78, 5) is 11.6. The van der Waals surface area contributed by atoms with Gasteiger partial charge in [0.25, 0.3) is 0 Å². The van der Waals surface area contributed by atoms with Gasteiger partial charge in [0.2, 0.25) is 0 Å². The van der Waals surface area contributed by atoms with Gasteiger partial charge in [0.1, 0.15) is 0 Å². The first kappa shape index (κ1) is 27.1. The van der Waals surface area contributed by atoms with E-state index in [4.69, 9.17) is 0 Å². The number of carbonyl (C=O) groups is 1. The second-order valence-electron chi connectivity index (χ2n) is 14.1. The molecule has 9 atom stereocenters. The number of rotatable bonds is 10. The van der Waals surface area contributed by atoms with Crippen LogP contribution in [0.1, 0.15) is 105 Å². The lowest BCUT2D eigenvalue weighted by Gasteiger charge is -2.61. The molecule has 35 heavy (non-hydrogen) atoms. The molecule has 4 saturated carbocycles. The van der Waals surface area contributed by atoms with E-state index < -0.39 is 17.7 Å². The Kier molecular flexibility index (Phi) is 6.85. The third-order valence-electron chi connectivity index (χ3n) is 12.4. The van der Waals surface area contributed by atoms with E-state index in [1.165, 1.54) is 19.3 Å². The van der Waals surface area contributed by atoms with Gasteiger partial charge in [0.05, 0.1) is 18.3 Å². The van der Waals surface area contributed by atoms with Crippen molar-refractivity contribution in [2.75, 3.05) is 6.61 Å². The molecular weight excluding hydrogens is 440 g/mol. The SMILES string of the molecule is C=C(CO)C1CC[C@@H]2[C@]3(CC[C@]4(C)[C@H](C(C)CCC(O)C(C)(C)O)CC[C@@]24C)C[C@]13CCC(=O)O. The molecule has 5 nitrogen and oxygen atoms in total. The topological polar surface area (TPSA) is 98.0 Å². The summed E-state index contributed by atoms with van der Waals surface area (Å²) < 4.78 is 0. The van der Waals surface area contributed by atoms with Crippen LogP contribution in [0.4, 0.5) is 0 Å². The molecule has 0 radical (unpaired) electrons. The molecule has 0 aromatic carbocycles. The number of hydrogen-bond donors (Lipinski definition) is 4. The Morgan fingerprint density at radius 2 is 1.77 bits per heavy atom. The number of carboxylic acid groups (broad SMARTS) is 1. The molecule has 0 saturated heterocycles. The number of hydrogen-bond acceptors (Lipinski definition) is 4. The van der Waals surface area contributed by atoms with Crippen LogP contribution in [0.2, 0.25) is 0 Å². The number of aliphatic carboxylic acids is 1. The zero-order valence-corrected chi connectivity index (χ0v) is 22.8. The summed E-state index contributed by atoms with van der Waals surface area (Å²) in [5, 5.41) is 40.0. The minimum Gasteiger partial charge on any atom is -0.481 e. The zero-order valence-electron chi connectivity index (χ0n) is 22.8. The maximum absolute atomic E-state index is 11.6. The minimum absolute atomic E-state index is 0.00101. The van der Waals surface area contributed by atoms with Crippen molar-refractivity contribution >= 4 is 5.97 Å². The summed E-state index contributed by atoms with van der Waals surface area (Å²) in [5.41, 5.74) is 0.520. The maximum Gasteiger partial charge on any atom is 0.303 e. The van der Waals surface area contributed by atoms with Gasteiger partial charge in [-0.25, -0.2) is 0 Å². The Balaban J connectivity index is 1.57. The lowest BCUT2D eigenvalue weighted by molar-refractivity contribution is -0.139. The fourth-order valence-corrected chi connectivity index (χ4v) is 10.2. The molecule has 1 spiro atoms. The summed E-state index contributed by atoms with van der Waals surface area (Å²) in [6, 6.07) is 0. The van der Waals surface area contributed by atoms with Crippen molar-refractivity contribution in [3.05, 3.63) is 12.2 Å². The van der Waals surface area contributed by atoms with Crippen molar-refractivity contribution in [2.24, 2.45) is 45.3 Å². The number of fused-ring (bicyclic) bond motifs is 2. The summed E-state index contributed by atoms with van der Waals surface area (Å²) in [7, 11) is 0. The highest BCUT2D eigenvalue weighted by molar-refractivity contribution is 5.67. The van der Waals surface area contributed by atoms with Crippen LogP contribution in [0.15, 0.2) is 12.2 Å². The number of carboxylic acids is 1. The molecule has 0 aliphatic heterocycles. The molecule has 0 amide bonds. The third-order valence-corrected chi connectivity index (χ3v) is 12.4. The van der Waals surface area contributed by atoms with E-state index in [9.17, 15) is 25.2 Å². The minimum atomic E-state index is -1.06. The van der Waals surface area contributed by atoms with Crippen molar-refractivity contribution in [3.63, 3.8) is 0 Å². The Morgan fingerprint density at radius 1 is 1.09 bits per heavy atom. The molecular formula is C30H50O5. The van der Waals surface area contributed by atoms with Gasteiger partial charge in [-0.15, -0.1) is 0 Å². The Labute approximate surface area is 212 Å². The van der Waals surface area contributed by atoms with Crippen molar-refractivity contribution in [2.45, 2.75) is 117 Å². The summed E-state index contributed by atoms with van der Waals surface area (Å²) in [6.45, 7) is 15.0. The summed E-state index contributed by atoms with van der Waals surface area (Å²) in [5.74, 6) is 1.23. The predicted octanol–water partition coefficient (Wildman–Crippen LogP) is 5.57. The van der Waals surface area contributed by atoms with Crippen LogP contribution in [0.5, 0.6) is 0 Å². The van der Waals surface area contributed by atoms with Crippen LogP contribution < -0.4 is 0 Å². The molecule has 0 aromatic heterocycles. The van der Waals surface area contributed by atoms with Gasteiger partial charge in [-0.1, -0.05) is 27.4 Å². The van der Waals surface area contributed by atoms with Crippen LogP contribution in [-0.4, -0.2) is 44.7 Å². The van der Waals surface area contributed by atoms with Crippen LogP contribution in [0, 0.1) is 45.3 Å². The molecule has 5 heteroatoms. The quantitative estimate of drug-likeness (QED) is 0.300. The molecule has 4 aliphatic rings. The standard InChI is InChI=1S/C30H50O5/c1-19(7-10-24(32)26(3,4)35)21-11-13-28(6)23-9-8-22(20(2)17-31)29(14-12-25(33)34)18-30(23,29)16-15-27(21,28)5/h19,21-24,31-32,35H,2,7-18H2,1,3-6H3,(H,33,34)/t19?,21-,22?,23-,24?,27+,28-,29+,30-/m0/s1. The normalized spacial score (nSPS) is 44.1. The first-order valence-electron chi connectivity index (χ1n) is 14.1. The van der Waals surface area contributed by atoms with E-state index in [0.29, 0.717) is 30.6 Å². The molecule has 200 valence electrons. The lowest BCUT2D eigenvalue weighted by atomic mass is 9.43. The van der Waals surface area contributed by atoms with E-state index in [1.54, 1.807) is 13.8 Å². The van der Waals surface area contributed by atoms with Gasteiger partial charge < -0.3 is 20.4 Å². The number of aliphatic hydroxyl groups is 3. The van der Waals surface area contributed by atoms with Crippen LogP contribution in [0.3, 0.4) is 0 Å². The number of aliphatic hydroxyl groups excluding tert-OH is 2. The summed E-state index contributed by atoms with van der Waals surface area (Å²) in [6.07, 6.45) is 9.84. The summed E-state index contributed by atoms with van der Waals surface area (Å²) >= 11 is 0. The Morgan fingerprint density at radius 3 is 2.37 bits per heavy atom. The van der Waals surface area contributed by atoms with Gasteiger partial charge in [-0.05, 0) is 129 Å². The predicted molar refractivity (Wildman–Crippen MR) is 138 cm³/mol. The average Bonchev–Trinajstić information content (AvgIpc) is 3.38. The average molecular weight is 491 g/mol. The monoisotopic (exact) mass is 490 g/mol. The highest BCUT2D eigenvalue weighted by Crippen LogP contribution is 2.87. The Hall–Kier alpha value is -0.910. The van der Waals surface area contributed by atoms with E-state index in [1.807, 2.05) is 0 Å². The highest BCUT2D eigenvalue weighted by atomic mass is 16.4. The molecule has 4 N–H and O–H groups in total. The Bertz CT molecular complexity index is 846. The van der Waals surface area contributed by atoms with E-state index in [0.717, 1.165) is 37.7 Å². The van der Waals surface area contributed by atoms with Crippen LogP contribution in [-0.2, 0) is 4.79 Å². The first-order valence-corrected chi connectivity index (χ1v) is 14.1. The van der Waals surface area contributed by atoms with Crippen molar-refractivity contribution in [1.29, 1.82) is 0 Å². The van der Waals surface area contributed by atoms with Gasteiger partial charge in [0.15, 0.2) is 0 Å². The molecule has 0 aromatic rings. The first-order chi connectivity index (χ1) is 16.2. The largest absolute Gasteiger partial charge is 0.481 e. The smallest absolute Gasteiger partial charge is 0.303 e. The van der Waals surface area contributed by atoms with E-state index >= 15 is 0 Å². The van der Waals surface area contributed by atoms with E-state index in [-0.39, 0.29) is 40.6 Å². The van der Waals surface area contributed by atoms with Crippen LogP contribution in [0.25, 0.3) is 0 Å². The molecule has 4 fully saturated rings. The fourth-order valence-electron chi connectivity index (χ4n) is 10.2. The highest BCUT2D eigenvalue weighted by Gasteiger charge is 2.80. The molecule has 4 rings (SSSR count). The van der Waals surface area contributed by atoms with Crippen molar-refractivity contribution < 1.29 is 25.2 Å². The second kappa shape index (κ2) is 8.84. The van der Waals surface area contributed by atoms with Crippen LogP contribution >= 0.6 is 0 Å². The third kappa shape index (κ3) is 3.94. The van der Waals surface area contributed by atoms with E-state index in [2.05, 4.69) is 27.4 Å². The van der Waals surface area contributed by atoms with Gasteiger partial charge in [-0.2, -0.15) is 0 Å². The molecule has 0 heterocycles. The molecule has 4 aliphatic carbocycles. The maximum atomic E-state index is 11.6. The second-order valence-corrected chi connectivity index (χ2v) is 14.1. The van der Waals surface area contributed by atoms with Gasteiger partial charge in [0, 0.05) is 6.42 Å². The molecule has 0 bridgehead atoms.